The molecule has 6 heteroatoms. The number of nitrogens with zero attached hydrogens (tertiary/aromatic N) is 1. The van der Waals surface area contributed by atoms with Crippen molar-refractivity contribution in [3.05, 3.63) is 93.2 Å². The first-order valence-corrected chi connectivity index (χ1v) is 11.2. The topological polar surface area (TPSA) is 48.0 Å². The molecule has 5 rings (SSSR count). The number of ether oxygens (including phenoxy) is 3. The molecule has 0 N–H and O–H groups in total. The van der Waals surface area contributed by atoms with E-state index in [2.05, 4.69) is 11.0 Å². The van der Waals surface area contributed by atoms with Gasteiger partial charge >= 0.3 is 0 Å². The van der Waals surface area contributed by atoms with Crippen molar-refractivity contribution in [2.24, 2.45) is 0 Å². The summed E-state index contributed by atoms with van der Waals surface area (Å²) in [7, 11) is 1.69. The number of ketones is 1. The van der Waals surface area contributed by atoms with Crippen LogP contribution in [0.5, 0.6) is 17.2 Å². The minimum Gasteiger partial charge on any atom is -0.496 e. The maximum Gasteiger partial charge on any atom is 0.231 e. The Kier molecular flexibility index (Phi) is 5.83. The zero-order chi connectivity index (χ0) is 22.9. The lowest BCUT2D eigenvalue weighted by Crippen LogP contribution is -2.34. The fourth-order valence-corrected chi connectivity index (χ4v) is 4.46. The summed E-state index contributed by atoms with van der Waals surface area (Å²) in [4.78, 5) is 15.3. The first kappa shape index (κ1) is 21.6. The summed E-state index contributed by atoms with van der Waals surface area (Å²) >= 11 is 5.96. The number of halogens is 1. The molecular formula is C27H24ClNO4. The third-order valence-corrected chi connectivity index (χ3v) is 6.31. The highest BCUT2D eigenvalue weighted by molar-refractivity contribution is 6.30. The minimum absolute atomic E-state index is 0.114. The summed E-state index contributed by atoms with van der Waals surface area (Å²) in [6.07, 6.45) is 2.60. The van der Waals surface area contributed by atoms with Crippen molar-refractivity contribution < 1.29 is 19.0 Å². The Morgan fingerprint density at radius 2 is 1.91 bits per heavy atom. The molecule has 2 aliphatic rings. The summed E-state index contributed by atoms with van der Waals surface area (Å²) in [5, 5.41) is 0.648. The molecule has 0 saturated heterocycles. The first-order valence-electron chi connectivity index (χ1n) is 10.9. The van der Waals surface area contributed by atoms with E-state index >= 15 is 0 Å². The Bertz CT molecular complexity index is 1250. The number of rotatable bonds is 5. The highest BCUT2D eigenvalue weighted by Gasteiger charge is 2.33. The van der Waals surface area contributed by atoms with Crippen molar-refractivity contribution in [1.29, 1.82) is 0 Å². The molecule has 0 saturated carbocycles. The van der Waals surface area contributed by atoms with Gasteiger partial charge in [0.25, 0.3) is 0 Å². The van der Waals surface area contributed by atoms with Gasteiger partial charge < -0.3 is 14.2 Å². The van der Waals surface area contributed by atoms with Crippen LogP contribution in [0.2, 0.25) is 5.02 Å². The van der Waals surface area contributed by atoms with Crippen LogP contribution in [-0.4, -0.2) is 31.1 Å². The number of para-hydroxylation sites is 1. The van der Waals surface area contributed by atoms with Gasteiger partial charge in [0.15, 0.2) is 5.76 Å². The molecule has 33 heavy (non-hydrogen) atoms. The monoisotopic (exact) mass is 461 g/mol. The maximum absolute atomic E-state index is 13.1. The van der Waals surface area contributed by atoms with Crippen LogP contribution in [0.3, 0.4) is 0 Å². The van der Waals surface area contributed by atoms with Crippen LogP contribution in [0.25, 0.3) is 6.08 Å². The molecule has 2 aliphatic heterocycles. The van der Waals surface area contributed by atoms with Crippen molar-refractivity contribution in [1.82, 2.24) is 4.90 Å². The van der Waals surface area contributed by atoms with Gasteiger partial charge in [-0.2, -0.15) is 0 Å². The third-order valence-electron chi connectivity index (χ3n) is 6.06. The highest BCUT2D eigenvalue weighted by atomic mass is 35.5. The maximum atomic E-state index is 13.1. The molecule has 0 radical (unpaired) electrons. The number of Topliss-reactive ketones (excluding diaryl/α,β-unsaturated/α-hetero) is 1. The van der Waals surface area contributed by atoms with Gasteiger partial charge in [0, 0.05) is 29.2 Å². The largest absolute Gasteiger partial charge is 0.496 e. The second-order valence-corrected chi connectivity index (χ2v) is 8.68. The molecule has 0 bridgehead atoms. The number of methoxy groups -OCH3 is 1. The zero-order valence-electron chi connectivity index (χ0n) is 18.6. The summed E-state index contributed by atoms with van der Waals surface area (Å²) in [5.41, 5.74) is 4.47. The molecule has 3 aromatic carbocycles. The number of hydrogen-bond donors (Lipinski definition) is 0. The van der Waals surface area contributed by atoms with E-state index in [-0.39, 0.29) is 5.78 Å². The van der Waals surface area contributed by atoms with Crippen molar-refractivity contribution in [3.8, 4) is 17.2 Å². The van der Waals surface area contributed by atoms with Crippen LogP contribution >= 0.6 is 11.6 Å². The summed E-state index contributed by atoms with van der Waals surface area (Å²) in [6, 6.07) is 17.3. The SMILES string of the molecule is COc1ccccc1CCN1COc2c(cc3c(c2C)O/C(=C\c2ccc(Cl)cc2)C3=O)C1. The van der Waals surface area contributed by atoms with Crippen LogP contribution < -0.4 is 14.2 Å². The Hall–Kier alpha value is -3.28. The van der Waals surface area contributed by atoms with E-state index < -0.39 is 0 Å². The minimum atomic E-state index is -0.114. The number of carbonyl (C=O) groups excluding carboxylic acids is 1. The average Bonchev–Trinajstić information content (AvgIpc) is 3.14. The predicted molar refractivity (Wildman–Crippen MR) is 128 cm³/mol. The third kappa shape index (κ3) is 4.22. The van der Waals surface area contributed by atoms with Crippen LogP contribution in [-0.2, 0) is 13.0 Å². The van der Waals surface area contributed by atoms with Crippen LogP contribution in [0.15, 0.2) is 60.4 Å². The normalized spacial score (nSPS) is 16.2. The number of allylic oxidation sites excluding steroid dienone is 1. The van der Waals surface area contributed by atoms with E-state index in [4.69, 9.17) is 25.8 Å². The molecular weight excluding hydrogens is 438 g/mol. The Labute approximate surface area is 198 Å². The number of fused-ring (bicyclic) bond motifs is 2. The van der Waals surface area contributed by atoms with Gasteiger partial charge in [0.05, 0.1) is 12.7 Å². The van der Waals surface area contributed by atoms with Gasteiger partial charge in [-0.1, -0.05) is 41.9 Å². The van der Waals surface area contributed by atoms with E-state index in [1.54, 1.807) is 25.3 Å². The number of hydrogen-bond acceptors (Lipinski definition) is 5. The molecule has 0 aliphatic carbocycles. The summed E-state index contributed by atoms with van der Waals surface area (Å²) < 4.78 is 17.6. The number of carbonyl (C=O) groups is 1. The van der Waals surface area contributed by atoms with E-state index in [1.807, 2.05) is 43.3 Å². The Balaban J connectivity index is 1.35. The fraction of sp³-hybridized carbons (Fsp3) is 0.222. The molecule has 0 unspecified atom stereocenters. The van der Waals surface area contributed by atoms with Crippen LogP contribution in [0, 0.1) is 6.92 Å². The van der Waals surface area contributed by atoms with Crippen molar-refractivity contribution >= 4 is 23.5 Å². The van der Waals surface area contributed by atoms with Gasteiger partial charge in [-0.3, -0.25) is 9.69 Å². The molecule has 0 fully saturated rings. The average molecular weight is 462 g/mol. The van der Waals surface area contributed by atoms with Crippen molar-refractivity contribution in [3.63, 3.8) is 0 Å². The standard InChI is InChI=1S/C27H24ClNO4/c1-17-26-20(15-29(16-32-26)12-11-19-5-3-4-6-23(19)31-2)14-22-25(30)24(33-27(17)22)13-18-7-9-21(28)10-8-18/h3-10,13-14H,11-12,15-16H2,1-2H3/b24-13-. The Morgan fingerprint density at radius 1 is 1.12 bits per heavy atom. The number of benzene rings is 3. The first-order chi connectivity index (χ1) is 16.0. The zero-order valence-corrected chi connectivity index (χ0v) is 19.3. The quantitative estimate of drug-likeness (QED) is 0.458. The lowest BCUT2D eigenvalue weighted by atomic mass is 10.00. The second-order valence-electron chi connectivity index (χ2n) is 8.25. The lowest BCUT2D eigenvalue weighted by molar-refractivity contribution is 0.0952. The van der Waals surface area contributed by atoms with Gasteiger partial charge in [0.2, 0.25) is 5.78 Å². The van der Waals surface area contributed by atoms with Gasteiger partial charge in [-0.15, -0.1) is 0 Å². The lowest BCUT2D eigenvalue weighted by Gasteiger charge is -2.30. The molecule has 5 nitrogen and oxygen atoms in total. The molecule has 0 atom stereocenters. The summed E-state index contributed by atoms with van der Waals surface area (Å²) in [5.74, 6) is 2.49. The van der Waals surface area contributed by atoms with E-state index in [0.717, 1.165) is 46.7 Å². The van der Waals surface area contributed by atoms with Crippen LogP contribution in [0.4, 0.5) is 0 Å². The molecule has 0 amide bonds. The van der Waals surface area contributed by atoms with E-state index in [0.29, 0.717) is 35.4 Å². The smallest absolute Gasteiger partial charge is 0.231 e. The van der Waals surface area contributed by atoms with Crippen molar-refractivity contribution in [2.45, 2.75) is 19.9 Å². The summed E-state index contributed by atoms with van der Waals surface area (Å²) in [6.45, 7) is 3.97. The molecule has 168 valence electrons. The molecule has 3 aromatic rings. The van der Waals surface area contributed by atoms with Gasteiger partial charge in [-0.05, 0) is 54.8 Å². The fourth-order valence-electron chi connectivity index (χ4n) is 4.34. The van der Waals surface area contributed by atoms with Gasteiger partial charge in [0.1, 0.15) is 24.0 Å². The molecule has 0 aromatic heterocycles. The van der Waals surface area contributed by atoms with Gasteiger partial charge in [-0.25, -0.2) is 0 Å². The molecule has 0 spiro atoms. The van der Waals surface area contributed by atoms with Crippen molar-refractivity contribution in [2.75, 3.05) is 20.4 Å². The van der Waals surface area contributed by atoms with E-state index in [9.17, 15) is 4.79 Å². The molecule has 2 heterocycles. The Morgan fingerprint density at radius 3 is 2.70 bits per heavy atom. The second kappa shape index (κ2) is 8.93. The van der Waals surface area contributed by atoms with E-state index in [1.165, 1.54) is 0 Å². The predicted octanol–water partition coefficient (Wildman–Crippen LogP) is 5.67. The highest BCUT2D eigenvalue weighted by Crippen LogP contribution is 2.43. The van der Waals surface area contributed by atoms with Crippen LogP contribution in [0.1, 0.15) is 32.6 Å².